The Bertz CT molecular complexity index is 230. The second-order valence-corrected chi connectivity index (χ2v) is 6.07. The van der Waals surface area contributed by atoms with Gasteiger partial charge in [0.05, 0.1) is 6.61 Å². The molecule has 1 aliphatic carbocycles. The molecule has 0 atom stereocenters. The maximum atomic E-state index is 11.8. The zero-order valence-corrected chi connectivity index (χ0v) is 11.6. The number of halogens is 3. The molecule has 1 fully saturated rings. The van der Waals surface area contributed by atoms with Crippen LogP contribution in [0.15, 0.2) is 0 Å². The normalized spacial score (nSPS) is 20.0. The highest BCUT2D eigenvalue weighted by molar-refractivity contribution is 8.00. The third kappa shape index (κ3) is 6.29. The van der Waals surface area contributed by atoms with Gasteiger partial charge in [0, 0.05) is 17.8 Å². The molecule has 0 aromatic carbocycles. The smallest absolute Gasteiger partial charge is 0.371 e. The van der Waals surface area contributed by atoms with Gasteiger partial charge in [-0.05, 0) is 19.1 Å². The Morgan fingerprint density at radius 3 is 2.44 bits per heavy atom. The first-order chi connectivity index (χ1) is 8.47. The monoisotopic (exact) mass is 285 g/mol. The minimum absolute atomic E-state index is 0.115. The maximum absolute atomic E-state index is 11.8. The Kier molecular flexibility index (Phi) is 6.81. The molecule has 1 saturated carbocycles. The molecule has 0 aromatic rings. The first-order valence-electron chi connectivity index (χ1n) is 6.38. The highest BCUT2D eigenvalue weighted by Crippen LogP contribution is 2.37. The van der Waals surface area contributed by atoms with Crippen LogP contribution in [-0.4, -0.2) is 43.5 Å². The highest BCUT2D eigenvalue weighted by atomic mass is 32.2. The fraction of sp³-hybridized carbons (Fsp3) is 1.00. The van der Waals surface area contributed by atoms with Gasteiger partial charge in [0.2, 0.25) is 0 Å². The quantitative estimate of drug-likeness (QED) is 0.726. The highest BCUT2D eigenvalue weighted by Gasteiger charge is 2.30. The minimum atomic E-state index is -4.22. The summed E-state index contributed by atoms with van der Waals surface area (Å²) in [7, 11) is 0. The molecule has 1 N–H and O–H groups in total. The molecule has 0 aromatic heterocycles. The number of rotatable bonds is 7. The lowest BCUT2D eigenvalue weighted by Gasteiger charge is -2.36. The number of nitrogens with one attached hydrogen (secondary N) is 1. The molecule has 0 heterocycles. The van der Waals surface area contributed by atoms with Crippen molar-refractivity contribution in [2.45, 2.75) is 43.0 Å². The summed E-state index contributed by atoms with van der Waals surface area (Å²) in [6, 6.07) is 0. The second-order valence-electron chi connectivity index (χ2n) is 4.79. The molecule has 18 heavy (non-hydrogen) atoms. The summed E-state index contributed by atoms with van der Waals surface area (Å²) in [6.45, 7) is 0.314. The molecule has 1 rings (SSSR count). The number of alkyl halides is 3. The van der Waals surface area contributed by atoms with Gasteiger partial charge < -0.3 is 10.1 Å². The van der Waals surface area contributed by atoms with Crippen molar-refractivity contribution in [3.8, 4) is 0 Å². The average Bonchev–Trinajstić information content (AvgIpc) is 2.33. The van der Waals surface area contributed by atoms with Gasteiger partial charge in [-0.2, -0.15) is 24.9 Å². The van der Waals surface area contributed by atoms with Crippen molar-refractivity contribution >= 4 is 11.8 Å². The van der Waals surface area contributed by atoms with Crippen LogP contribution >= 0.6 is 11.8 Å². The Hall–Kier alpha value is 0.0600. The van der Waals surface area contributed by atoms with E-state index in [0.717, 1.165) is 6.54 Å². The summed E-state index contributed by atoms with van der Waals surface area (Å²) >= 11 is 1.88. The topological polar surface area (TPSA) is 21.3 Å². The van der Waals surface area contributed by atoms with E-state index >= 15 is 0 Å². The van der Waals surface area contributed by atoms with E-state index in [2.05, 4.69) is 16.3 Å². The lowest BCUT2D eigenvalue weighted by Crippen LogP contribution is -2.40. The molecule has 0 saturated heterocycles. The zero-order chi connectivity index (χ0) is 13.5. The zero-order valence-electron chi connectivity index (χ0n) is 10.8. The van der Waals surface area contributed by atoms with E-state index in [4.69, 9.17) is 0 Å². The molecule has 0 aliphatic heterocycles. The van der Waals surface area contributed by atoms with Crippen LogP contribution < -0.4 is 5.32 Å². The van der Waals surface area contributed by atoms with Crippen LogP contribution in [0.1, 0.15) is 32.1 Å². The van der Waals surface area contributed by atoms with Crippen molar-refractivity contribution in [1.82, 2.24) is 5.32 Å². The molecular weight excluding hydrogens is 263 g/mol. The molecule has 0 radical (unpaired) electrons. The van der Waals surface area contributed by atoms with E-state index in [1.165, 1.54) is 32.1 Å². The molecule has 0 spiro atoms. The van der Waals surface area contributed by atoms with Crippen LogP contribution in [0.2, 0.25) is 0 Å². The third-order valence-electron chi connectivity index (χ3n) is 3.33. The minimum Gasteiger partial charge on any atom is -0.371 e. The predicted molar refractivity (Wildman–Crippen MR) is 69.1 cm³/mol. The van der Waals surface area contributed by atoms with Crippen LogP contribution in [0.3, 0.4) is 0 Å². The van der Waals surface area contributed by atoms with Crippen LogP contribution in [-0.2, 0) is 4.74 Å². The second kappa shape index (κ2) is 7.60. The van der Waals surface area contributed by atoms with Crippen LogP contribution in [0.25, 0.3) is 0 Å². The van der Waals surface area contributed by atoms with Gasteiger partial charge in [-0.25, -0.2) is 0 Å². The Morgan fingerprint density at radius 2 is 1.89 bits per heavy atom. The van der Waals surface area contributed by atoms with Gasteiger partial charge in [0.15, 0.2) is 0 Å². The van der Waals surface area contributed by atoms with Crippen LogP contribution in [0.5, 0.6) is 0 Å². The SMILES string of the molecule is CSC1(CNCCOCC(F)(F)F)CCCCC1. The standard InChI is InChI=1S/C12H22F3NOS/c1-18-11(5-3-2-4-6-11)9-16-7-8-17-10-12(13,14)15/h16H,2-10H2,1H3. The van der Waals surface area contributed by atoms with Crippen molar-refractivity contribution in [2.24, 2.45) is 0 Å². The number of hydrogen-bond donors (Lipinski definition) is 1. The van der Waals surface area contributed by atoms with E-state index in [9.17, 15) is 13.2 Å². The van der Waals surface area contributed by atoms with Gasteiger partial charge in [0.1, 0.15) is 6.61 Å². The van der Waals surface area contributed by atoms with Crippen molar-refractivity contribution in [2.75, 3.05) is 32.6 Å². The molecule has 2 nitrogen and oxygen atoms in total. The molecule has 1 aliphatic rings. The van der Waals surface area contributed by atoms with Crippen molar-refractivity contribution in [3.63, 3.8) is 0 Å². The van der Waals surface area contributed by atoms with Crippen molar-refractivity contribution in [3.05, 3.63) is 0 Å². The van der Waals surface area contributed by atoms with Gasteiger partial charge in [0.25, 0.3) is 0 Å². The van der Waals surface area contributed by atoms with E-state index in [0.29, 0.717) is 6.54 Å². The van der Waals surface area contributed by atoms with Gasteiger partial charge in [-0.3, -0.25) is 0 Å². The number of thioether (sulfide) groups is 1. The molecule has 108 valence electrons. The number of hydrogen-bond acceptors (Lipinski definition) is 3. The van der Waals surface area contributed by atoms with E-state index in [-0.39, 0.29) is 11.4 Å². The molecule has 0 bridgehead atoms. The molecule has 0 amide bonds. The number of ether oxygens (including phenoxy) is 1. The Labute approximate surface area is 111 Å². The van der Waals surface area contributed by atoms with Gasteiger partial charge >= 0.3 is 6.18 Å². The Morgan fingerprint density at radius 1 is 1.22 bits per heavy atom. The van der Waals surface area contributed by atoms with Crippen molar-refractivity contribution < 1.29 is 17.9 Å². The fourth-order valence-corrected chi connectivity index (χ4v) is 3.24. The first-order valence-corrected chi connectivity index (χ1v) is 7.60. The first kappa shape index (κ1) is 16.1. The van der Waals surface area contributed by atoms with Crippen LogP contribution in [0.4, 0.5) is 13.2 Å². The summed E-state index contributed by atoms with van der Waals surface area (Å²) in [6.07, 6.45) is 4.11. The largest absolute Gasteiger partial charge is 0.411 e. The summed E-state index contributed by atoms with van der Waals surface area (Å²) in [5, 5.41) is 3.22. The van der Waals surface area contributed by atoms with Crippen molar-refractivity contribution in [1.29, 1.82) is 0 Å². The van der Waals surface area contributed by atoms with E-state index < -0.39 is 12.8 Å². The van der Waals surface area contributed by atoms with E-state index in [1.807, 2.05) is 11.8 Å². The van der Waals surface area contributed by atoms with Gasteiger partial charge in [-0.1, -0.05) is 19.3 Å². The average molecular weight is 285 g/mol. The summed E-state index contributed by atoms with van der Waals surface area (Å²) in [5.41, 5.74) is 0. The molecular formula is C12H22F3NOS. The summed E-state index contributed by atoms with van der Waals surface area (Å²) < 4.78 is 40.3. The lowest BCUT2D eigenvalue weighted by atomic mass is 9.88. The van der Waals surface area contributed by atoms with Gasteiger partial charge in [-0.15, -0.1) is 0 Å². The summed E-state index contributed by atoms with van der Waals surface area (Å²) in [4.78, 5) is 0. The molecule has 0 unspecified atom stereocenters. The maximum Gasteiger partial charge on any atom is 0.411 e. The predicted octanol–water partition coefficient (Wildman–Crippen LogP) is 3.22. The fourth-order valence-electron chi connectivity index (χ4n) is 2.30. The molecule has 6 heteroatoms. The third-order valence-corrected chi connectivity index (χ3v) is 4.75. The summed E-state index contributed by atoms with van der Waals surface area (Å²) in [5.74, 6) is 0. The Balaban J connectivity index is 2.09. The lowest BCUT2D eigenvalue weighted by molar-refractivity contribution is -0.173. The van der Waals surface area contributed by atoms with E-state index in [1.54, 1.807) is 0 Å². The van der Waals surface area contributed by atoms with Crippen LogP contribution in [0, 0.1) is 0 Å².